The van der Waals surface area contributed by atoms with Crippen LogP contribution in [0.3, 0.4) is 0 Å². The maximum Gasteiger partial charge on any atom is 0.410 e. The fourth-order valence-corrected chi connectivity index (χ4v) is 5.44. The monoisotopic (exact) mass is 621 g/mol. The van der Waals surface area contributed by atoms with E-state index in [1.165, 1.54) is 0 Å². The molecule has 3 amide bonds. The van der Waals surface area contributed by atoms with E-state index in [9.17, 15) is 19.2 Å². The lowest BCUT2D eigenvalue weighted by molar-refractivity contribution is 0.0109. The summed E-state index contributed by atoms with van der Waals surface area (Å²) >= 11 is 0. The quantitative estimate of drug-likeness (QED) is 0.423. The summed E-state index contributed by atoms with van der Waals surface area (Å²) in [4.78, 5) is 63.7. The smallest absolute Gasteiger partial charge is 0.410 e. The third kappa shape index (κ3) is 9.26. The van der Waals surface area contributed by atoms with Gasteiger partial charge in [0.2, 0.25) is 0 Å². The minimum atomic E-state index is -0.589. The van der Waals surface area contributed by atoms with Crippen molar-refractivity contribution in [2.24, 2.45) is 0 Å². The van der Waals surface area contributed by atoms with Crippen LogP contribution in [0.1, 0.15) is 86.5 Å². The molecule has 1 unspecified atom stereocenters. The molecular weight excluding hydrogens is 574 g/mol. The van der Waals surface area contributed by atoms with Crippen molar-refractivity contribution >= 4 is 23.9 Å². The SMILES string of the molecule is CC(c1ccnc(CC(=O)c2ccccc2C(=O)N2CCN(C(=O)OC(C)(C)C)CC2)c1)N1CCN(C(=O)OC(C)(C)C)CC1. The number of nitrogens with zero attached hydrogens (tertiary/aromatic N) is 5. The zero-order valence-corrected chi connectivity index (χ0v) is 27.7. The summed E-state index contributed by atoms with van der Waals surface area (Å²) in [5, 5.41) is 0. The Kier molecular flexibility index (Phi) is 10.5. The second-order valence-electron chi connectivity index (χ2n) is 13.7. The largest absolute Gasteiger partial charge is 0.444 e. The van der Waals surface area contributed by atoms with Crippen molar-refractivity contribution in [2.45, 2.75) is 72.1 Å². The van der Waals surface area contributed by atoms with Gasteiger partial charge in [-0.3, -0.25) is 19.5 Å². The zero-order valence-electron chi connectivity index (χ0n) is 27.7. The van der Waals surface area contributed by atoms with Crippen molar-refractivity contribution in [1.82, 2.24) is 24.6 Å². The summed E-state index contributed by atoms with van der Waals surface area (Å²) in [6.07, 6.45) is 1.09. The third-order valence-corrected chi connectivity index (χ3v) is 7.85. The van der Waals surface area contributed by atoms with Crippen LogP contribution in [0.5, 0.6) is 0 Å². The molecule has 0 N–H and O–H groups in total. The van der Waals surface area contributed by atoms with Gasteiger partial charge in [-0.15, -0.1) is 0 Å². The Labute approximate surface area is 266 Å². The first-order valence-corrected chi connectivity index (χ1v) is 15.7. The topological polar surface area (TPSA) is 113 Å². The van der Waals surface area contributed by atoms with Gasteiger partial charge in [0.25, 0.3) is 5.91 Å². The van der Waals surface area contributed by atoms with E-state index in [-0.39, 0.29) is 30.2 Å². The number of piperazine rings is 2. The lowest BCUT2D eigenvalue weighted by Gasteiger charge is -2.38. The number of ketones is 1. The molecule has 45 heavy (non-hydrogen) atoms. The van der Waals surface area contributed by atoms with Crippen LogP contribution in [0.4, 0.5) is 9.59 Å². The molecule has 2 fully saturated rings. The fraction of sp³-hybridized carbons (Fsp3) is 0.559. The maximum absolute atomic E-state index is 13.5. The molecule has 11 heteroatoms. The fourth-order valence-electron chi connectivity index (χ4n) is 5.44. The molecule has 2 aromatic rings. The Bertz CT molecular complexity index is 1380. The number of carbonyl (C=O) groups excluding carboxylic acids is 4. The first kappa shape index (κ1) is 33.9. The Morgan fingerprint density at radius 2 is 1.22 bits per heavy atom. The molecule has 2 aliphatic heterocycles. The summed E-state index contributed by atoms with van der Waals surface area (Å²) in [6, 6.07) is 10.8. The van der Waals surface area contributed by atoms with Gasteiger partial charge in [0.1, 0.15) is 11.2 Å². The molecule has 0 spiro atoms. The number of hydrogen-bond donors (Lipinski definition) is 0. The Hall–Kier alpha value is -3.99. The van der Waals surface area contributed by atoms with Gasteiger partial charge in [-0.05, 0) is 72.2 Å². The van der Waals surface area contributed by atoms with E-state index in [1.54, 1.807) is 45.2 Å². The van der Waals surface area contributed by atoms with E-state index < -0.39 is 17.3 Å². The number of aromatic nitrogens is 1. The van der Waals surface area contributed by atoms with Crippen molar-refractivity contribution in [1.29, 1.82) is 0 Å². The van der Waals surface area contributed by atoms with Gasteiger partial charge in [-0.1, -0.05) is 18.2 Å². The number of Topliss-reactive ketones (excluding diaryl/α,β-unsaturated/α-hetero) is 1. The summed E-state index contributed by atoms with van der Waals surface area (Å²) in [5.74, 6) is -0.418. The van der Waals surface area contributed by atoms with Gasteiger partial charge >= 0.3 is 12.2 Å². The highest BCUT2D eigenvalue weighted by atomic mass is 16.6. The minimum absolute atomic E-state index is 0.0592. The number of amides is 3. The summed E-state index contributed by atoms with van der Waals surface area (Å²) in [7, 11) is 0. The summed E-state index contributed by atoms with van der Waals surface area (Å²) in [6.45, 7) is 17.2. The van der Waals surface area contributed by atoms with Crippen LogP contribution in [0.25, 0.3) is 0 Å². The molecular formula is C34H47N5O6. The predicted octanol–water partition coefficient (Wildman–Crippen LogP) is 4.81. The number of pyridine rings is 1. The molecule has 4 rings (SSSR count). The normalized spacial score (nSPS) is 17.1. The molecule has 0 saturated carbocycles. The van der Waals surface area contributed by atoms with E-state index in [1.807, 2.05) is 53.7 Å². The van der Waals surface area contributed by atoms with Gasteiger partial charge in [0.15, 0.2) is 5.78 Å². The molecule has 0 radical (unpaired) electrons. The number of benzene rings is 1. The lowest BCUT2D eigenvalue weighted by atomic mass is 9.98. The molecule has 1 atom stereocenters. The van der Waals surface area contributed by atoms with Crippen molar-refractivity contribution in [3.05, 3.63) is 65.0 Å². The summed E-state index contributed by atoms with van der Waals surface area (Å²) < 4.78 is 11.0. The molecule has 0 bridgehead atoms. The molecule has 1 aromatic carbocycles. The molecule has 3 heterocycles. The van der Waals surface area contributed by atoms with Crippen LogP contribution in [0.15, 0.2) is 42.6 Å². The van der Waals surface area contributed by atoms with E-state index in [2.05, 4.69) is 16.8 Å². The molecule has 0 aliphatic carbocycles. The van der Waals surface area contributed by atoms with E-state index >= 15 is 0 Å². The number of ether oxygens (including phenoxy) is 2. The van der Waals surface area contributed by atoms with Crippen molar-refractivity contribution < 1.29 is 28.7 Å². The Morgan fingerprint density at radius 1 is 0.733 bits per heavy atom. The van der Waals surface area contributed by atoms with Crippen LogP contribution in [-0.4, -0.2) is 112 Å². The molecule has 2 saturated heterocycles. The van der Waals surface area contributed by atoms with E-state index in [0.717, 1.165) is 5.56 Å². The van der Waals surface area contributed by atoms with Crippen LogP contribution in [-0.2, 0) is 15.9 Å². The molecule has 244 valence electrons. The Morgan fingerprint density at radius 3 is 1.76 bits per heavy atom. The number of hydrogen-bond acceptors (Lipinski definition) is 8. The Balaban J connectivity index is 1.36. The van der Waals surface area contributed by atoms with Crippen LogP contribution in [0.2, 0.25) is 0 Å². The van der Waals surface area contributed by atoms with Gasteiger partial charge in [-0.2, -0.15) is 0 Å². The standard InChI is InChI=1S/C34H47N5O6/c1-24(36-14-18-38(19-15-36)31(42)44-33(2,3)4)25-12-13-35-26(22-25)23-29(40)27-10-8-9-11-28(27)30(41)37-16-20-39(21-17-37)32(43)45-34(5,6)7/h8-13,22,24H,14-21,23H2,1-7H3. The summed E-state index contributed by atoms with van der Waals surface area (Å²) in [5.41, 5.74) is 1.25. The highest BCUT2D eigenvalue weighted by Crippen LogP contribution is 2.24. The predicted molar refractivity (Wildman–Crippen MR) is 170 cm³/mol. The first-order chi connectivity index (χ1) is 21.1. The van der Waals surface area contributed by atoms with Gasteiger partial charge in [0.05, 0.1) is 12.0 Å². The third-order valence-electron chi connectivity index (χ3n) is 7.85. The van der Waals surface area contributed by atoms with Crippen LogP contribution < -0.4 is 0 Å². The van der Waals surface area contributed by atoms with Crippen molar-refractivity contribution in [3.63, 3.8) is 0 Å². The van der Waals surface area contributed by atoms with Crippen molar-refractivity contribution in [2.75, 3.05) is 52.4 Å². The van der Waals surface area contributed by atoms with E-state index in [0.29, 0.717) is 69.2 Å². The average Bonchev–Trinajstić information content (AvgIpc) is 2.99. The zero-order chi connectivity index (χ0) is 32.9. The second kappa shape index (κ2) is 14.0. The molecule has 2 aliphatic rings. The average molecular weight is 622 g/mol. The molecule has 1 aromatic heterocycles. The first-order valence-electron chi connectivity index (χ1n) is 15.7. The van der Waals surface area contributed by atoms with Crippen LogP contribution in [0, 0.1) is 0 Å². The highest BCUT2D eigenvalue weighted by Gasteiger charge is 2.31. The number of rotatable bonds is 6. The maximum atomic E-state index is 13.5. The number of carbonyl (C=O) groups is 4. The van der Waals surface area contributed by atoms with Crippen molar-refractivity contribution in [3.8, 4) is 0 Å². The van der Waals surface area contributed by atoms with Crippen LogP contribution >= 0.6 is 0 Å². The molecule has 11 nitrogen and oxygen atoms in total. The second-order valence-corrected chi connectivity index (χ2v) is 13.7. The van der Waals surface area contributed by atoms with E-state index in [4.69, 9.17) is 9.47 Å². The lowest BCUT2D eigenvalue weighted by Crippen LogP contribution is -2.51. The highest BCUT2D eigenvalue weighted by molar-refractivity contribution is 6.08. The minimum Gasteiger partial charge on any atom is -0.444 e. The van der Waals surface area contributed by atoms with Gasteiger partial charge < -0.3 is 24.2 Å². The van der Waals surface area contributed by atoms with Gasteiger partial charge in [-0.25, -0.2) is 9.59 Å². The van der Waals surface area contributed by atoms with Gasteiger partial charge in [0, 0.05) is 75.9 Å².